The van der Waals surface area contributed by atoms with Crippen molar-refractivity contribution >= 4 is 5.91 Å². The summed E-state index contributed by atoms with van der Waals surface area (Å²) >= 11 is 0. The quantitative estimate of drug-likeness (QED) is 0.612. The van der Waals surface area contributed by atoms with E-state index in [0.717, 1.165) is 6.07 Å². The number of nitrogens with one attached hydrogen (secondary N) is 1. The van der Waals surface area contributed by atoms with Crippen LogP contribution in [0.4, 0.5) is 17.6 Å². The van der Waals surface area contributed by atoms with Gasteiger partial charge >= 0.3 is 6.18 Å². The van der Waals surface area contributed by atoms with E-state index in [-0.39, 0.29) is 17.8 Å². The van der Waals surface area contributed by atoms with Crippen molar-refractivity contribution in [1.82, 2.24) is 9.88 Å². The lowest BCUT2D eigenvalue weighted by molar-refractivity contribution is -0.137. The third kappa shape index (κ3) is 3.78. The Kier molecular flexibility index (Phi) is 5.27. The maximum atomic E-state index is 13.7. The second-order valence-corrected chi connectivity index (χ2v) is 6.41. The van der Waals surface area contributed by atoms with Crippen molar-refractivity contribution in [1.29, 1.82) is 0 Å². The highest BCUT2D eigenvalue weighted by Crippen LogP contribution is 2.35. The first-order valence-corrected chi connectivity index (χ1v) is 8.57. The van der Waals surface area contributed by atoms with E-state index in [1.807, 2.05) is 0 Å². The van der Waals surface area contributed by atoms with Crippen LogP contribution in [0.3, 0.4) is 0 Å². The normalized spacial score (nSPS) is 11.5. The van der Waals surface area contributed by atoms with Crippen molar-refractivity contribution in [2.24, 2.45) is 0 Å². The van der Waals surface area contributed by atoms with E-state index in [1.165, 1.54) is 34.9 Å². The Morgan fingerprint density at radius 1 is 1.04 bits per heavy atom. The number of aromatic nitrogens is 1. The molecule has 0 atom stereocenters. The number of benzene rings is 2. The van der Waals surface area contributed by atoms with Gasteiger partial charge in [-0.25, -0.2) is 4.39 Å². The number of alkyl halides is 3. The van der Waals surface area contributed by atoms with Crippen LogP contribution in [0.2, 0.25) is 0 Å². The lowest BCUT2D eigenvalue weighted by atomic mass is 10.1. The van der Waals surface area contributed by atoms with Crippen LogP contribution in [0.1, 0.15) is 32.9 Å². The molecule has 0 saturated carbocycles. The molecule has 1 heterocycles. The smallest absolute Gasteiger partial charge is 0.348 e. The number of para-hydroxylation sites is 1. The topological polar surface area (TPSA) is 34.0 Å². The Balaban J connectivity index is 1.93. The molecule has 7 heteroatoms. The maximum absolute atomic E-state index is 13.7. The molecule has 0 unspecified atom stereocenters. The first-order chi connectivity index (χ1) is 13.2. The predicted octanol–water partition coefficient (Wildman–Crippen LogP) is 5.18. The molecule has 0 spiro atoms. The molecule has 2 aromatic carbocycles. The standard InChI is InChI=1S/C21H18F4N2O/c1-13-11-16(20(28)26-12-15-7-3-5-9-18(15)22)14(2)27(13)19-10-6-4-8-17(19)21(23,24)25/h3-11H,12H2,1-2H3,(H,26,28). The SMILES string of the molecule is Cc1cc(C(=O)NCc2ccccc2F)c(C)n1-c1ccccc1C(F)(F)F. The average Bonchev–Trinajstić information content (AvgIpc) is 2.94. The number of halogens is 4. The van der Waals surface area contributed by atoms with Crippen molar-refractivity contribution in [3.63, 3.8) is 0 Å². The summed E-state index contributed by atoms with van der Waals surface area (Å²) in [5.41, 5.74) is 0.608. The molecule has 1 N–H and O–H groups in total. The molecule has 1 aromatic heterocycles. The largest absolute Gasteiger partial charge is 0.418 e. The number of rotatable bonds is 4. The van der Waals surface area contributed by atoms with Gasteiger partial charge in [-0.2, -0.15) is 13.2 Å². The van der Waals surface area contributed by atoms with Crippen LogP contribution in [-0.2, 0) is 12.7 Å². The third-order valence-electron chi connectivity index (χ3n) is 4.52. The second-order valence-electron chi connectivity index (χ2n) is 6.41. The number of amides is 1. The summed E-state index contributed by atoms with van der Waals surface area (Å²) in [5, 5.41) is 2.62. The molecular weight excluding hydrogens is 372 g/mol. The lowest BCUT2D eigenvalue weighted by Crippen LogP contribution is -2.24. The van der Waals surface area contributed by atoms with Crippen LogP contribution in [0.15, 0.2) is 54.6 Å². The molecule has 0 aliphatic heterocycles. The average molecular weight is 390 g/mol. The Hall–Kier alpha value is -3.09. The Morgan fingerprint density at radius 2 is 1.68 bits per heavy atom. The van der Waals surface area contributed by atoms with Gasteiger partial charge in [0.05, 0.1) is 16.8 Å². The van der Waals surface area contributed by atoms with Crippen LogP contribution < -0.4 is 5.32 Å². The molecule has 3 aromatic rings. The summed E-state index contributed by atoms with van der Waals surface area (Å²) in [6.45, 7) is 3.19. The number of carbonyl (C=O) groups is 1. The van der Waals surface area contributed by atoms with Crippen molar-refractivity contribution in [3.8, 4) is 5.69 Å². The van der Waals surface area contributed by atoms with E-state index in [2.05, 4.69) is 5.32 Å². The van der Waals surface area contributed by atoms with Crippen molar-refractivity contribution in [3.05, 3.63) is 88.5 Å². The van der Waals surface area contributed by atoms with Crippen molar-refractivity contribution < 1.29 is 22.4 Å². The van der Waals surface area contributed by atoms with Gasteiger partial charge in [0.15, 0.2) is 0 Å². The number of hydrogen-bond donors (Lipinski definition) is 1. The highest BCUT2D eigenvalue weighted by molar-refractivity contribution is 5.95. The van der Waals surface area contributed by atoms with Crippen molar-refractivity contribution in [2.45, 2.75) is 26.6 Å². The van der Waals surface area contributed by atoms with Crippen LogP contribution in [0.25, 0.3) is 5.69 Å². The second kappa shape index (κ2) is 7.50. The number of hydrogen-bond acceptors (Lipinski definition) is 1. The minimum absolute atomic E-state index is 0.0195. The van der Waals surface area contributed by atoms with Crippen molar-refractivity contribution in [2.75, 3.05) is 0 Å². The van der Waals surface area contributed by atoms with Crippen LogP contribution >= 0.6 is 0 Å². The predicted molar refractivity (Wildman–Crippen MR) is 97.8 cm³/mol. The number of aryl methyl sites for hydroxylation is 1. The fourth-order valence-corrected chi connectivity index (χ4v) is 3.18. The minimum Gasteiger partial charge on any atom is -0.348 e. The highest BCUT2D eigenvalue weighted by Gasteiger charge is 2.34. The van der Waals surface area contributed by atoms with E-state index in [4.69, 9.17) is 0 Å². The van der Waals surface area contributed by atoms with Gasteiger partial charge < -0.3 is 9.88 Å². The zero-order valence-electron chi connectivity index (χ0n) is 15.3. The fourth-order valence-electron chi connectivity index (χ4n) is 3.18. The molecule has 1 amide bonds. The summed E-state index contributed by atoms with van der Waals surface area (Å²) in [6.07, 6.45) is -4.52. The Labute approximate surface area is 159 Å². The summed E-state index contributed by atoms with van der Waals surface area (Å²) in [5.74, 6) is -0.917. The lowest BCUT2D eigenvalue weighted by Gasteiger charge is -2.16. The Morgan fingerprint density at radius 3 is 2.36 bits per heavy atom. The Bertz CT molecular complexity index is 1020. The van der Waals surface area contributed by atoms with E-state index >= 15 is 0 Å². The van der Waals surface area contributed by atoms with Gasteiger partial charge in [-0.05, 0) is 38.1 Å². The number of nitrogens with zero attached hydrogens (tertiary/aromatic N) is 1. The molecule has 146 valence electrons. The summed E-state index contributed by atoms with van der Waals surface area (Å²) < 4.78 is 55.3. The molecule has 0 aliphatic rings. The molecular formula is C21H18F4N2O. The molecule has 0 aliphatic carbocycles. The third-order valence-corrected chi connectivity index (χ3v) is 4.52. The first kappa shape index (κ1) is 19.7. The van der Waals surface area contributed by atoms with Crippen LogP contribution in [-0.4, -0.2) is 10.5 Å². The minimum atomic E-state index is -4.52. The molecule has 0 radical (unpaired) electrons. The van der Waals surface area contributed by atoms with Gasteiger partial charge in [-0.1, -0.05) is 30.3 Å². The number of carbonyl (C=O) groups excluding carboxylic acids is 1. The fraction of sp³-hybridized carbons (Fsp3) is 0.190. The summed E-state index contributed by atoms with van der Waals surface area (Å²) in [6, 6.07) is 12.8. The van der Waals surface area contributed by atoms with E-state index in [1.54, 1.807) is 32.0 Å². The van der Waals surface area contributed by atoms with Gasteiger partial charge in [-0.15, -0.1) is 0 Å². The highest BCUT2D eigenvalue weighted by atomic mass is 19.4. The van der Waals surface area contributed by atoms with Gasteiger partial charge in [0.2, 0.25) is 0 Å². The monoisotopic (exact) mass is 390 g/mol. The molecule has 0 bridgehead atoms. The summed E-state index contributed by atoms with van der Waals surface area (Å²) in [4.78, 5) is 12.6. The van der Waals surface area contributed by atoms with Gasteiger partial charge in [-0.3, -0.25) is 4.79 Å². The van der Waals surface area contributed by atoms with Gasteiger partial charge in [0.25, 0.3) is 5.91 Å². The summed E-state index contributed by atoms with van der Waals surface area (Å²) in [7, 11) is 0. The zero-order chi connectivity index (χ0) is 20.5. The van der Waals surface area contributed by atoms with Gasteiger partial charge in [0.1, 0.15) is 5.82 Å². The maximum Gasteiger partial charge on any atom is 0.418 e. The van der Waals surface area contributed by atoms with E-state index in [9.17, 15) is 22.4 Å². The molecule has 0 saturated heterocycles. The van der Waals surface area contributed by atoms with E-state index < -0.39 is 23.5 Å². The molecule has 28 heavy (non-hydrogen) atoms. The molecule has 3 nitrogen and oxygen atoms in total. The zero-order valence-corrected chi connectivity index (χ0v) is 15.3. The first-order valence-electron chi connectivity index (χ1n) is 8.57. The van der Waals surface area contributed by atoms with E-state index in [0.29, 0.717) is 17.0 Å². The van der Waals surface area contributed by atoms with Crippen LogP contribution in [0.5, 0.6) is 0 Å². The molecule has 0 fully saturated rings. The van der Waals surface area contributed by atoms with Crippen LogP contribution in [0, 0.1) is 19.7 Å². The molecule has 3 rings (SSSR count). The van der Waals surface area contributed by atoms with Gasteiger partial charge in [0, 0.05) is 23.5 Å².